The molecule has 0 fully saturated rings. The molecule has 0 saturated heterocycles. The van der Waals surface area contributed by atoms with Crippen molar-refractivity contribution >= 4 is 60.9 Å². The minimum atomic E-state index is -0.713. The van der Waals surface area contributed by atoms with E-state index in [1.807, 2.05) is 6.07 Å². The maximum absolute atomic E-state index is 6.88. The van der Waals surface area contributed by atoms with Crippen LogP contribution in [0, 0.1) is 0 Å². The molecular weight excluding hydrogens is 779 g/mol. The minimum Gasteiger partial charge on any atom is -0.456 e. The van der Waals surface area contributed by atoms with Crippen LogP contribution in [0.4, 0.5) is 17.1 Å². The summed E-state index contributed by atoms with van der Waals surface area (Å²) in [6.45, 7) is 0. The SMILES string of the molecule is c1ccc(-c2ccccc2N(c2ccc3c(c2)C2(c4ccccc4-c4ccccc4-3)c3ccccc3-c3cc4oc5ccccc5c4cc32)c2cccc3c2oc2ccccc23)cc1. The predicted molar refractivity (Wildman–Crippen MR) is 263 cm³/mol. The molecule has 2 heterocycles. The fourth-order valence-corrected chi connectivity index (χ4v) is 11.3. The Bertz CT molecular complexity index is 3870. The average molecular weight is 816 g/mol. The smallest absolute Gasteiger partial charge is 0.159 e. The van der Waals surface area contributed by atoms with Crippen LogP contribution in [0.15, 0.2) is 233 Å². The molecule has 3 nitrogen and oxygen atoms in total. The van der Waals surface area contributed by atoms with Gasteiger partial charge in [0.1, 0.15) is 16.7 Å². The van der Waals surface area contributed by atoms with E-state index in [1.54, 1.807) is 0 Å². The van der Waals surface area contributed by atoms with E-state index >= 15 is 0 Å². The molecule has 0 saturated carbocycles. The molecule has 0 radical (unpaired) electrons. The molecule has 14 rings (SSSR count). The fourth-order valence-electron chi connectivity index (χ4n) is 11.3. The Labute approximate surface area is 369 Å². The van der Waals surface area contributed by atoms with E-state index in [4.69, 9.17) is 8.83 Å². The molecule has 3 heteroatoms. The highest BCUT2D eigenvalue weighted by Gasteiger charge is 2.50. The molecule has 0 aliphatic heterocycles. The van der Waals surface area contributed by atoms with Gasteiger partial charge in [0.05, 0.1) is 16.8 Å². The predicted octanol–water partition coefficient (Wildman–Crippen LogP) is 16.6. The van der Waals surface area contributed by atoms with Gasteiger partial charge in [0.15, 0.2) is 5.58 Å². The highest BCUT2D eigenvalue weighted by Crippen LogP contribution is 2.63. The lowest BCUT2D eigenvalue weighted by Crippen LogP contribution is -2.29. The second-order valence-electron chi connectivity index (χ2n) is 17.1. The largest absolute Gasteiger partial charge is 0.456 e. The van der Waals surface area contributed by atoms with Crippen molar-refractivity contribution in [2.24, 2.45) is 0 Å². The second-order valence-corrected chi connectivity index (χ2v) is 17.1. The first-order valence-electron chi connectivity index (χ1n) is 22.0. The summed E-state index contributed by atoms with van der Waals surface area (Å²) in [7, 11) is 0. The number of benzene rings is 10. The van der Waals surface area contributed by atoms with Gasteiger partial charge >= 0.3 is 0 Å². The van der Waals surface area contributed by atoms with Crippen molar-refractivity contribution in [3.8, 4) is 44.5 Å². The van der Waals surface area contributed by atoms with Gasteiger partial charge < -0.3 is 13.7 Å². The molecule has 1 atom stereocenters. The van der Waals surface area contributed by atoms with Gasteiger partial charge in [0, 0.05) is 32.8 Å². The Balaban J connectivity index is 1.14. The molecule has 1 spiro atoms. The number of hydrogen-bond acceptors (Lipinski definition) is 3. The summed E-state index contributed by atoms with van der Waals surface area (Å²) in [5, 5.41) is 4.42. The normalized spacial score (nSPS) is 14.6. The quantitative estimate of drug-likeness (QED) is 0.177. The van der Waals surface area contributed by atoms with Crippen LogP contribution in [-0.4, -0.2) is 0 Å². The molecule has 10 aromatic carbocycles. The topological polar surface area (TPSA) is 29.5 Å². The van der Waals surface area contributed by atoms with Crippen LogP contribution in [0.1, 0.15) is 22.3 Å². The second kappa shape index (κ2) is 13.3. The van der Waals surface area contributed by atoms with E-state index in [0.717, 1.165) is 72.1 Å². The van der Waals surface area contributed by atoms with Crippen LogP contribution >= 0.6 is 0 Å². The Morgan fingerprint density at radius 1 is 0.297 bits per heavy atom. The first-order valence-corrected chi connectivity index (χ1v) is 22.0. The van der Waals surface area contributed by atoms with Crippen LogP contribution in [0.2, 0.25) is 0 Å². The van der Waals surface area contributed by atoms with E-state index in [-0.39, 0.29) is 0 Å². The first kappa shape index (κ1) is 35.2. The van der Waals surface area contributed by atoms with Crippen molar-refractivity contribution in [3.63, 3.8) is 0 Å². The van der Waals surface area contributed by atoms with Crippen molar-refractivity contribution in [1.82, 2.24) is 0 Å². The summed E-state index contributed by atoms with van der Waals surface area (Å²) in [6, 6.07) is 81.8. The number of para-hydroxylation sites is 4. The lowest BCUT2D eigenvalue weighted by Gasteiger charge is -2.36. The van der Waals surface area contributed by atoms with E-state index in [9.17, 15) is 0 Å². The Morgan fingerprint density at radius 2 is 0.828 bits per heavy atom. The van der Waals surface area contributed by atoms with Gasteiger partial charge in [-0.2, -0.15) is 0 Å². The monoisotopic (exact) mass is 815 g/mol. The van der Waals surface area contributed by atoms with Crippen molar-refractivity contribution in [1.29, 1.82) is 0 Å². The molecule has 1 unspecified atom stereocenters. The average Bonchev–Trinajstić information content (AvgIpc) is 4.00. The summed E-state index contributed by atoms with van der Waals surface area (Å²) in [5.74, 6) is 0. The molecule has 2 aromatic heterocycles. The molecule has 0 amide bonds. The highest BCUT2D eigenvalue weighted by atomic mass is 16.3. The summed E-state index contributed by atoms with van der Waals surface area (Å²) in [6.07, 6.45) is 0. The van der Waals surface area contributed by atoms with Gasteiger partial charge in [-0.15, -0.1) is 0 Å². The molecule has 0 bridgehead atoms. The lowest BCUT2D eigenvalue weighted by molar-refractivity contribution is 0.668. The van der Waals surface area contributed by atoms with Crippen LogP contribution in [0.3, 0.4) is 0 Å². The maximum atomic E-state index is 6.88. The number of nitrogens with zero attached hydrogens (tertiary/aromatic N) is 1. The zero-order valence-corrected chi connectivity index (χ0v) is 34.6. The van der Waals surface area contributed by atoms with Gasteiger partial charge in [0.2, 0.25) is 0 Å². The zero-order valence-electron chi connectivity index (χ0n) is 34.6. The van der Waals surface area contributed by atoms with E-state index < -0.39 is 5.41 Å². The van der Waals surface area contributed by atoms with Gasteiger partial charge in [-0.25, -0.2) is 0 Å². The van der Waals surface area contributed by atoms with E-state index in [2.05, 4.69) is 223 Å². The van der Waals surface area contributed by atoms with Crippen LogP contribution in [-0.2, 0) is 5.41 Å². The molecule has 0 N–H and O–H groups in total. The first-order chi connectivity index (χ1) is 31.8. The van der Waals surface area contributed by atoms with Crippen LogP contribution in [0.25, 0.3) is 88.4 Å². The van der Waals surface area contributed by atoms with Gasteiger partial charge in [-0.1, -0.05) is 176 Å². The summed E-state index contributed by atoms with van der Waals surface area (Å²) < 4.78 is 13.5. The molecule has 298 valence electrons. The van der Waals surface area contributed by atoms with Crippen molar-refractivity contribution in [2.45, 2.75) is 5.41 Å². The number of anilines is 3. The fraction of sp³-hybridized carbons (Fsp3) is 0.0164. The van der Waals surface area contributed by atoms with Crippen LogP contribution < -0.4 is 4.90 Å². The minimum absolute atomic E-state index is 0.713. The van der Waals surface area contributed by atoms with Crippen molar-refractivity contribution in [3.05, 3.63) is 247 Å². The van der Waals surface area contributed by atoms with Crippen molar-refractivity contribution in [2.75, 3.05) is 4.90 Å². The summed E-state index contributed by atoms with van der Waals surface area (Å²) >= 11 is 0. The number of rotatable bonds is 4. The number of fused-ring (bicyclic) bond motifs is 18. The third-order valence-corrected chi connectivity index (χ3v) is 13.9. The van der Waals surface area contributed by atoms with Gasteiger partial charge in [0.25, 0.3) is 0 Å². The Kier molecular flexibility index (Phi) is 7.32. The Morgan fingerprint density at radius 3 is 1.58 bits per heavy atom. The molecule has 12 aromatic rings. The molecule has 64 heavy (non-hydrogen) atoms. The highest BCUT2D eigenvalue weighted by molar-refractivity contribution is 6.12. The third kappa shape index (κ3) is 4.76. The maximum Gasteiger partial charge on any atom is 0.159 e. The molecule has 2 aliphatic carbocycles. The number of hydrogen-bond donors (Lipinski definition) is 0. The standard InChI is InChI=1S/C61H37NO2/c1-2-17-38(18-3-1)40-19-8-13-29-55(40)62(56-30-16-26-48-46-24-9-15-32-58(46)64-60(48)56)39-33-34-45-42-21-5-4-20-41(42)43-22-6-11-27-51(43)61(53(45)35-39)52-28-12-7-23-44(52)49-37-59-50(36-54(49)61)47-25-10-14-31-57(47)63-59/h1-37H. The molecular formula is C61H37NO2. The van der Waals surface area contributed by atoms with E-state index in [1.165, 1.54) is 55.6 Å². The Hall–Kier alpha value is -8.40. The third-order valence-electron chi connectivity index (χ3n) is 13.9. The lowest BCUT2D eigenvalue weighted by atomic mass is 9.65. The summed E-state index contributed by atoms with van der Waals surface area (Å²) in [4.78, 5) is 2.43. The van der Waals surface area contributed by atoms with E-state index in [0.29, 0.717) is 0 Å². The summed E-state index contributed by atoms with van der Waals surface area (Å²) in [5.41, 5.74) is 20.4. The zero-order chi connectivity index (χ0) is 41.9. The van der Waals surface area contributed by atoms with Crippen LogP contribution in [0.5, 0.6) is 0 Å². The van der Waals surface area contributed by atoms with Crippen molar-refractivity contribution < 1.29 is 8.83 Å². The van der Waals surface area contributed by atoms with Gasteiger partial charge in [-0.3, -0.25) is 0 Å². The van der Waals surface area contributed by atoms with Gasteiger partial charge in [-0.05, 0) is 110 Å². The molecule has 2 aliphatic rings. The number of furan rings is 2.